The number of hydrogen-bond acceptors (Lipinski definition) is 3. The first-order valence-corrected chi connectivity index (χ1v) is 8.67. The highest BCUT2D eigenvalue weighted by atomic mass is 79.9. The molecule has 0 radical (unpaired) electrons. The predicted octanol–water partition coefficient (Wildman–Crippen LogP) is 4.84. The number of nitrogens with one attached hydrogen (secondary N) is 1. The molecule has 0 saturated heterocycles. The molecule has 1 aromatic heterocycles. The second-order valence-corrected chi connectivity index (χ2v) is 7.39. The van der Waals surface area contributed by atoms with Crippen LogP contribution in [0.5, 0.6) is 0 Å². The van der Waals surface area contributed by atoms with E-state index in [4.69, 9.17) is 0 Å². The number of thiophene rings is 1. The van der Waals surface area contributed by atoms with E-state index in [0.717, 1.165) is 6.54 Å². The van der Waals surface area contributed by atoms with Crippen molar-refractivity contribution in [1.82, 2.24) is 5.32 Å². The monoisotopic (exact) mass is 339 g/mol. The molecule has 1 unspecified atom stereocenters. The lowest BCUT2D eigenvalue weighted by Crippen LogP contribution is -2.23. The van der Waals surface area contributed by atoms with Crippen LogP contribution in [0.2, 0.25) is 0 Å². The van der Waals surface area contributed by atoms with Gasteiger partial charge in [-0.25, -0.2) is 0 Å². The van der Waals surface area contributed by atoms with E-state index in [2.05, 4.69) is 57.0 Å². The van der Waals surface area contributed by atoms with Gasteiger partial charge in [-0.3, -0.25) is 0 Å². The van der Waals surface area contributed by atoms with Crippen LogP contribution < -0.4 is 5.32 Å². The zero-order valence-electron chi connectivity index (χ0n) is 9.86. The molecule has 94 valence electrons. The van der Waals surface area contributed by atoms with E-state index in [1.807, 2.05) is 11.8 Å². The van der Waals surface area contributed by atoms with Crippen LogP contribution in [0.15, 0.2) is 45.1 Å². The quantitative estimate of drug-likeness (QED) is 0.858. The summed E-state index contributed by atoms with van der Waals surface area (Å²) in [6.07, 6.45) is 1.22. The van der Waals surface area contributed by atoms with Crippen LogP contribution >= 0.6 is 39.0 Å². The van der Waals surface area contributed by atoms with Crippen molar-refractivity contribution in [3.63, 3.8) is 0 Å². The Labute approximate surface area is 124 Å². The molecule has 0 spiro atoms. The summed E-state index contributed by atoms with van der Waals surface area (Å²) in [5.74, 6) is 1.21. The fourth-order valence-corrected chi connectivity index (χ4v) is 4.75. The first-order chi connectivity index (χ1) is 8.83. The summed E-state index contributed by atoms with van der Waals surface area (Å²) in [6.45, 7) is 0.958. The van der Waals surface area contributed by atoms with Crippen LogP contribution in [0.25, 0.3) is 0 Å². The van der Waals surface area contributed by atoms with E-state index in [1.54, 1.807) is 11.3 Å². The Balaban J connectivity index is 1.71. The molecule has 1 aliphatic rings. The van der Waals surface area contributed by atoms with Crippen molar-refractivity contribution in [3.05, 3.63) is 50.6 Å². The maximum atomic E-state index is 3.68. The van der Waals surface area contributed by atoms with Gasteiger partial charge in [0.25, 0.3) is 0 Å². The van der Waals surface area contributed by atoms with Gasteiger partial charge in [-0.2, -0.15) is 0 Å². The van der Waals surface area contributed by atoms with E-state index in [9.17, 15) is 0 Å². The van der Waals surface area contributed by atoms with E-state index < -0.39 is 0 Å². The highest BCUT2D eigenvalue weighted by molar-refractivity contribution is 9.10. The minimum atomic E-state index is 0.503. The summed E-state index contributed by atoms with van der Waals surface area (Å²) >= 11 is 7.28. The van der Waals surface area contributed by atoms with Crippen molar-refractivity contribution < 1.29 is 0 Å². The maximum Gasteiger partial charge on any atom is 0.0342 e. The molecule has 3 rings (SSSR count). The van der Waals surface area contributed by atoms with Crippen LogP contribution in [0.4, 0.5) is 0 Å². The maximum absolute atomic E-state index is 3.68. The zero-order valence-corrected chi connectivity index (χ0v) is 13.1. The van der Waals surface area contributed by atoms with Gasteiger partial charge in [0, 0.05) is 32.2 Å². The number of hydrogen-bond donors (Lipinski definition) is 1. The molecule has 1 aromatic carbocycles. The summed E-state index contributed by atoms with van der Waals surface area (Å²) in [5.41, 5.74) is 1.46. The molecule has 1 atom stereocenters. The van der Waals surface area contributed by atoms with Crippen molar-refractivity contribution in [2.75, 3.05) is 5.75 Å². The number of halogens is 1. The molecule has 1 aliphatic heterocycles. The molecule has 2 aromatic rings. The Morgan fingerprint density at radius 1 is 1.33 bits per heavy atom. The Kier molecular flexibility index (Phi) is 4.09. The van der Waals surface area contributed by atoms with Crippen LogP contribution in [-0.2, 0) is 6.54 Å². The van der Waals surface area contributed by atoms with Gasteiger partial charge in [0.15, 0.2) is 0 Å². The van der Waals surface area contributed by atoms with Crippen molar-refractivity contribution in [1.29, 1.82) is 0 Å². The summed E-state index contributed by atoms with van der Waals surface area (Å²) in [4.78, 5) is 2.83. The Morgan fingerprint density at radius 3 is 3.06 bits per heavy atom. The van der Waals surface area contributed by atoms with E-state index >= 15 is 0 Å². The van der Waals surface area contributed by atoms with Gasteiger partial charge >= 0.3 is 0 Å². The average molecular weight is 340 g/mol. The molecule has 18 heavy (non-hydrogen) atoms. The highest BCUT2D eigenvalue weighted by Crippen LogP contribution is 2.36. The average Bonchev–Trinajstić information content (AvgIpc) is 2.82. The van der Waals surface area contributed by atoms with Crippen LogP contribution in [-0.4, -0.2) is 5.75 Å². The third-order valence-electron chi connectivity index (χ3n) is 3.10. The Hall–Kier alpha value is -0.290. The van der Waals surface area contributed by atoms with E-state index in [0.29, 0.717) is 6.04 Å². The normalized spacial score (nSPS) is 18.6. The smallest absolute Gasteiger partial charge is 0.0342 e. The molecule has 0 saturated carbocycles. The fourth-order valence-electron chi connectivity index (χ4n) is 2.22. The second-order valence-electron chi connectivity index (χ2n) is 4.34. The van der Waals surface area contributed by atoms with Crippen LogP contribution in [0, 0.1) is 0 Å². The molecule has 2 heterocycles. The van der Waals surface area contributed by atoms with Crippen molar-refractivity contribution in [2.24, 2.45) is 0 Å². The Bertz CT molecular complexity index is 538. The van der Waals surface area contributed by atoms with Gasteiger partial charge in [0.1, 0.15) is 0 Å². The lowest BCUT2D eigenvalue weighted by Gasteiger charge is -2.25. The molecule has 4 heteroatoms. The van der Waals surface area contributed by atoms with Gasteiger partial charge in [0.2, 0.25) is 0 Å². The summed E-state index contributed by atoms with van der Waals surface area (Å²) in [6, 6.07) is 11.5. The largest absolute Gasteiger partial charge is 0.305 e. The van der Waals surface area contributed by atoms with Gasteiger partial charge in [0.05, 0.1) is 0 Å². The lowest BCUT2D eigenvalue weighted by molar-refractivity contribution is 0.513. The zero-order chi connectivity index (χ0) is 12.4. The molecular weight excluding hydrogens is 326 g/mol. The van der Waals surface area contributed by atoms with Gasteiger partial charge in [-0.15, -0.1) is 23.1 Å². The molecule has 1 nitrogen and oxygen atoms in total. The van der Waals surface area contributed by atoms with Gasteiger partial charge in [-0.1, -0.05) is 18.2 Å². The minimum Gasteiger partial charge on any atom is -0.305 e. The third kappa shape index (κ3) is 2.82. The summed E-state index contributed by atoms with van der Waals surface area (Å²) in [5, 5.41) is 5.82. The van der Waals surface area contributed by atoms with Crippen LogP contribution in [0.1, 0.15) is 22.9 Å². The SMILES string of the molecule is Brc1csc(CNC2CCSc3ccccc32)c1. The first kappa shape index (κ1) is 12.7. The standard InChI is InChI=1S/C14H14BrNS2/c15-10-7-11(18-9-10)8-16-13-5-6-17-14-4-2-1-3-12(13)14/h1-4,7,9,13,16H,5-6,8H2. The second kappa shape index (κ2) is 5.78. The number of rotatable bonds is 3. The minimum absolute atomic E-state index is 0.503. The fraction of sp³-hybridized carbons (Fsp3) is 0.286. The molecule has 0 fully saturated rings. The highest BCUT2D eigenvalue weighted by Gasteiger charge is 2.19. The van der Waals surface area contributed by atoms with Crippen molar-refractivity contribution >= 4 is 39.0 Å². The Morgan fingerprint density at radius 2 is 2.22 bits per heavy atom. The molecule has 0 amide bonds. The molecular formula is C14H14BrNS2. The van der Waals surface area contributed by atoms with Gasteiger partial charge < -0.3 is 5.32 Å². The number of fused-ring (bicyclic) bond motifs is 1. The van der Waals surface area contributed by atoms with E-state index in [1.165, 1.54) is 32.0 Å². The molecule has 0 aliphatic carbocycles. The number of benzene rings is 1. The molecule has 0 bridgehead atoms. The topological polar surface area (TPSA) is 12.0 Å². The van der Waals surface area contributed by atoms with Gasteiger partial charge in [-0.05, 0) is 45.8 Å². The van der Waals surface area contributed by atoms with Crippen LogP contribution in [0.3, 0.4) is 0 Å². The summed E-state index contributed by atoms with van der Waals surface area (Å²) < 4.78 is 1.18. The first-order valence-electron chi connectivity index (χ1n) is 6.01. The van der Waals surface area contributed by atoms with Crippen molar-refractivity contribution in [2.45, 2.75) is 23.9 Å². The molecule has 1 N–H and O–H groups in total. The van der Waals surface area contributed by atoms with E-state index in [-0.39, 0.29) is 0 Å². The number of thioether (sulfide) groups is 1. The lowest BCUT2D eigenvalue weighted by atomic mass is 10.0. The summed E-state index contributed by atoms with van der Waals surface area (Å²) in [7, 11) is 0. The third-order valence-corrected chi connectivity index (χ3v) is 5.92. The van der Waals surface area contributed by atoms with Crippen molar-refractivity contribution in [3.8, 4) is 0 Å². The predicted molar refractivity (Wildman–Crippen MR) is 83.4 cm³/mol.